The molecule has 8 heteroatoms. The number of benzene rings is 2. The number of halogens is 1. The molecule has 130 valence electrons. The first-order valence-electron chi connectivity index (χ1n) is 7.88. The van der Waals surface area contributed by atoms with Gasteiger partial charge >= 0.3 is 0 Å². The van der Waals surface area contributed by atoms with Crippen molar-refractivity contribution in [2.75, 3.05) is 16.8 Å². The van der Waals surface area contributed by atoms with E-state index in [1.807, 2.05) is 29.2 Å². The fourth-order valence-corrected chi connectivity index (χ4v) is 4.94. The van der Waals surface area contributed by atoms with Crippen LogP contribution in [-0.4, -0.2) is 33.0 Å². The minimum Gasteiger partial charge on any atom is -0.356 e. The molecule has 2 N–H and O–H groups in total. The molecule has 2 aliphatic rings. The summed E-state index contributed by atoms with van der Waals surface area (Å²) in [6.45, 7) is 0.439. The molecule has 0 saturated carbocycles. The number of nitrogens with one attached hydrogen (secondary N) is 2. The van der Waals surface area contributed by atoms with Gasteiger partial charge in [-0.15, -0.1) is 0 Å². The van der Waals surface area contributed by atoms with E-state index in [0.29, 0.717) is 18.0 Å². The van der Waals surface area contributed by atoms with Crippen molar-refractivity contribution in [1.29, 1.82) is 0 Å². The Morgan fingerprint density at radius 2 is 1.96 bits per heavy atom. The molecule has 0 aliphatic carbocycles. The van der Waals surface area contributed by atoms with Crippen molar-refractivity contribution in [1.82, 2.24) is 4.72 Å². The maximum atomic E-state index is 12.6. The summed E-state index contributed by atoms with van der Waals surface area (Å²) < 4.78 is 27.9. The molecule has 1 amide bonds. The van der Waals surface area contributed by atoms with Crippen LogP contribution in [0.25, 0.3) is 0 Å². The maximum absolute atomic E-state index is 12.6. The Morgan fingerprint density at radius 1 is 1.16 bits per heavy atom. The summed E-state index contributed by atoms with van der Waals surface area (Å²) >= 11 is 5.89. The van der Waals surface area contributed by atoms with Gasteiger partial charge in [0.15, 0.2) is 0 Å². The van der Waals surface area contributed by atoms with Gasteiger partial charge in [0.1, 0.15) is 6.04 Å². The molecule has 1 fully saturated rings. The van der Waals surface area contributed by atoms with Crippen molar-refractivity contribution in [2.45, 2.75) is 23.4 Å². The SMILES string of the molecule is O=C1Nc2ccccc2N2CC(NS(=O)(=O)c3cccc(Cl)c3)CC12. The number of hydrogen-bond acceptors (Lipinski definition) is 4. The highest BCUT2D eigenvalue weighted by Crippen LogP contribution is 2.36. The number of hydrogen-bond donors (Lipinski definition) is 2. The predicted molar refractivity (Wildman–Crippen MR) is 96.4 cm³/mol. The summed E-state index contributed by atoms with van der Waals surface area (Å²) in [4.78, 5) is 14.4. The Kier molecular flexibility index (Phi) is 3.94. The zero-order chi connectivity index (χ0) is 17.6. The maximum Gasteiger partial charge on any atom is 0.247 e. The third-order valence-electron chi connectivity index (χ3n) is 4.50. The van der Waals surface area contributed by atoms with E-state index in [0.717, 1.165) is 11.4 Å². The van der Waals surface area contributed by atoms with Gasteiger partial charge in [0.25, 0.3) is 0 Å². The van der Waals surface area contributed by atoms with Crippen LogP contribution in [0.2, 0.25) is 5.02 Å². The molecule has 0 spiro atoms. The molecule has 0 bridgehead atoms. The predicted octanol–water partition coefficient (Wildman–Crippen LogP) is 2.22. The molecule has 2 aliphatic heterocycles. The monoisotopic (exact) mass is 377 g/mol. The van der Waals surface area contributed by atoms with Crippen LogP contribution in [0.5, 0.6) is 0 Å². The molecular formula is C17H16ClN3O3S. The van der Waals surface area contributed by atoms with Gasteiger partial charge in [0.2, 0.25) is 15.9 Å². The van der Waals surface area contributed by atoms with Gasteiger partial charge < -0.3 is 10.2 Å². The normalized spacial score (nSPS) is 22.3. The van der Waals surface area contributed by atoms with Crippen LogP contribution < -0.4 is 14.9 Å². The minimum absolute atomic E-state index is 0.108. The number of rotatable bonds is 3. The van der Waals surface area contributed by atoms with Crippen molar-refractivity contribution in [2.24, 2.45) is 0 Å². The topological polar surface area (TPSA) is 78.5 Å². The van der Waals surface area contributed by atoms with E-state index in [9.17, 15) is 13.2 Å². The van der Waals surface area contributed by atoms with Crippen molar-refractivity contribution < 1.29 is 13.2 Å². The molecule has 2 aromatic rings. The molecule has 0 aromatic heterocycles. The van der Waals surface area contributed by atoms with E-state index < -0.39 is 10.0 Å². The Hall–Kier alpha value is -2.09. The van der Waals surface area contributed by atoms with Gasteiger partial charge in [-0.2, -0.15) is 0 Å². The largest absolute Gasteiger partial charge is 0.356 e. The first kappa shape index (κ1) is 16.4. The lowest BCUT2D eigenvalue weighted by Crippen LogP contribution is -2.44. The summed E-state index contributed by atoms with van der Waals surface area (Å²) in [5.41, 5.74) is 1.67. The molecule has 6 nitrogen and oxygen atoms in total. The number of amides is 1. The van der Waals surface area contributed by atoms with E-state index >= 15 is 0 Å². The zero-order valence-corrected chi connectivity index (χ0v) is 14.7. The fourth-order valence-electron chi connectivity index (χ4n) is 3.40. The van der Waals surface area contributed by atoms with Crippen LogP contribution in [0.3, 0.4) is 0 Å². The van der Waals surface area contributed by atoms with Crippen molar-refractivity contribution in [3.8, 4) is 0 Å². The van der Waals surface area contributed by atoms with Gasteiger partial charge in [0, 0.05) is 17.6 Å². The average Bonchev–Trinajstić information content (AvgIpc) is 2.99. The van der Waals surface area contributed by atoms with E-state index in [1.54, 1.807) is 12.1 Å². The summed E-state index contributed by atoms with van der Waals surface area (Å²) in [6, 6.07) is 12.9. The smallest absolute Gasteiger partial charge is 0.247 e. The number of carbonyl (C=O) groups is 1. The summed E-state index contributed by atoms with van der Waals surface area (Å²) in [7, 11) is -3.70. The summed E-state index contributed by atoms with van der Waals surface area (Å²) in [5.74, 6) is -0.108. The third kappa shape index (κ3) is 2.99. The number of fused-ring (bicyclic) bond motifs is 3. The van der Waals surface area contributed by atoms with E-state index in [-0.39, 0.29) is 22.9 Å². The van der Waals surface area contributed by atoms with E-state index in [4.69, 9.17) is 11.6 Å². The van der Waals surface area contributed by atoms with Gasteiger partial charge in [-0.1, -0.05) is 29.8 Å². The van der Waals surface area contributed by atoms with Gasteiger partial charge in [-0.3, -0.25) is 4.79 Å². The third-order valence-corrected chi connectivity index (χ3v) is 6.26. The fraction of sp³-hybridized carbons (Fsp3) is 0.235. The van der Waals surface area contributed by atoms with Crippen LogP contribution in [0, 0.1) is 0 Å². The second-order valence-electron chi connectivity index (χ2n) is 6.19. The van der Waals surface area contributed by atoms with E-state index in [1.165, 1.54) is 12.1 Å². The number of anilines is 2. The Balaban J connectivity index is 1.58. The minimum atomic E-state index is -3.70. The lowest BCUT2D eigenvalue weighted by molar-refractivity contribution is -0.117. The molecule has 1 saturated heterocycles. The molecule has 2 unspecified atom stereocenters. The summed E-state index contributed by atoms with van der Waals surface area (Å²) in [6.07, 6.45) is 0.417. The molecule has 2 atom stereocenters. The van der Waals surface area contributed by atoms with Gasteiger partial charge in [-0.25, -0.2) is 13.1 Å². The molecule has 2 aromatic carbocycles. The Bertz CT molecular complexity index is 948. The highest BCUT2D eigenvalue weighted by atomic mass is 35.5. The highest BCUT2D eigenvalue weighted by Gasteiger charge is 2.42. The van der Waals surface area contributed by atoms with Crippen LogP contribution in [0.4, 0.5) is 11.4 Å². The second-order valence-corrected chi connectivity index (χ2v) is 8.34. The lowest BCUT2D eigenvalue weighted by atomic mass is 10.1. The Morgan fingerprint density at radius 3 is 2.76 bits per heavy atom. The van der Waals surface area contributed by atoms with Crippen LogP contribution in [-0.2, 0) is 14.8 Å². The number of nitrogens with zero attached hydrogens (tertiary/aromatic N) is 1. The highest BCUT2D eigenvalue weighted by molar-refractivity contribution is 7.89. The van der Waals surface area contributed by atoms with E-state index in [2.05, 4.69) is 10.0 Å². The van der Waals surface area contributed by atoms with Gasteiger partial charge in [0.05, 0.1) is 16.3 Å². The van der Waals surface area contributed by atoms with Crippen LogP contribution >= 0.6 is 11.6 Å². The number of sulfonamides is 1. The second kappa shape index (κ2) is 6.01. The molecular weight excluding hydrogens is 362 g/mol. The first-order valence-corrected chi connectivity index (χ1v) is 9.74. The number of carbonyl (C=O) groups excluding carboxylic acids is 1. The average molecular weight is 378 g/mol. The summed E-state index contributed by atoms with van der Waals surface area (Å²) in [5, 5.41) is 3.24. The lowest BCUT2D eigenvalue weighted by Gasteiger charge is -2.32. The molecule has 2 heterocycles. The Labute approximate surface area is 150 Å². The standard InChI is InChI=1S/C17H16ClN3O3S/c18-11-4-3-5-13(8-11)25(23,24)20-12-9-16-17(22)19-14-6-1-2-7-15(14)21(16)10-12/h1-8,12,16,20H,9-10H2,(H,19,22). The van der Waals surface area contributed by atoms with Crippen LogP contribution in [0.1, 0.15) is 6.42 Å². The van der Waals surface area contributed by atoms with Crippen molar-refractivity contribution >= 4 is 38.9 Å². The zero-order valence-electron chi connectivity index (χ0n) is 13.1. The van der Waals surface area contributed by atoms with Crippen molar-refractivity contribution in [3.63, 3.8) is 0 Å². The molecule has 0 radical (unpaired) electrons. The van der Waals surface area contributed by atoms with Crippen molar-refractivity contribution in [3.05, 3.63) is 53.6 Å². The van der Waals surface area contributed by atoms with Crippen LogP contribution in [0.15, 0.2) is 53.4 Å². The number of para-hydroxylation sites is 2. The van der Waals surface area contributed by atoms with Gasteiger partial charge in [-0.05, 0) is 36.8 Å². The first-order chi connectivity index (χ1) is 11.9. The molecule has 25 heavy (non-hydrogen) atoms. The quantitative estimate of drug-likeness (QED) is 0.859. The molecule has 4 rings (SSSR count).